The highest BCUT2D eigenvalue weighted by molar-refractivity contribution is 5.73. The maximum Gasteiger partial charge on any atom is 0.217 e. The van der Waals surface area contributed by atoms with Crippen LogP contribution in [0.1, 0.15) is 19.3 Å². The van der Waals surface area contributed by atoms with E-state index in [1.807, 2.05) is 0 Å². The summed E-state index contributed by atoms with van der Waals surface area (Å²) in [6, 6.07) is 0. The summed E-state index contributed by atoms with van der Waals surface area (Å²) in [5.41, 5.74) is 5.15. The van der Waals surface area contributed by atoms with Crippen molar-refractivity contribution in [1.29, 1.82) is 0 Å². The molecule has 0 radical (unpaired) electrons. The second-order valence-electron chi connectivity index (χ2n) is 4.47. The quantitative estimate of drug-likeness (QED) is 0.702. The third kappa shape index (κ3) is 4.20. The molecule has 0 saturated carbocycles. The highest BCUT2D eigenvalue weighted by Crippen LogP contribution is 2.27. The van der Waals surface area contributed by atoms with Gasteiger partial charge in [0.25, 0.3) is 0 Å². The Balaban J connectivity index is 2.60. The van der Waals surface area contributed by atoms with Crippen molar-refractivity contribution in [2.24, 2.45) is 5.73 Å². The summed E-state index contributed by atoms with van der Waals surface area (Å²) in [7, 11) is 4.90. The Kier molecular flexibility index (Phi) is 6.56. The normalized spacial score (nSPS) is 32.4. The van der Waals surface area contributed by atoms with Gasteiger partial charge in [-0.3, -0.25) is 4.79 Å². The summed E-state index contributed by atoms with van der Waals surface area (Å²) in [5, 5.41) is 0. The first-order chi connectivity index (χ1) is 8.62. The van der Waals surface area contributed by atoms with E-state index in [-0.39, 0.29) is 30.3 Å². The molecule has 0 spiro atoms. The molecular weight excluding hydrogens is 238 g/mol. The fraction of sp³-hybridized carbons (Fsp3) is 0.917. The lowest BCUT2D eigenvalue weighted by Gasteiger charge is -2.40. The van der Waals surface area contributed by atoms with Crippen molar-refractivity contribution >= 4 is 5.91 Å². The molecule has 106 valence electrons. The number of carbonyl (C=O) groups excluding carboxylic acids is 1. The zero-order valence-electron chi connectivity index (χ0n) is 11.3. The van der Waals surface area contributed by atoms with Gasteiger partial charge in [0.15, 0.2) is 0 Å². The molecule has 2 N–H and O–H groups in total. The van der Waals surface area contributed by atoms with Crippen LogP contribution in [0, 0.1) is 0 Å². The standard InChI is InChI=1S/C12H23NO5/c1-15-7-10-12(17-3)9(16-2)6-8(18-10)4-5-11(13)14/h8-10,12H,4-7H2,1-3H3,(H2,13,14)/t8-,9-,10-,12+/m1/s1. The highest BCUT2D eigenvalue weighted by Gasteiger charge is 2.39. The summed E-state index contributed by atoms with van der Waals surface area (Å²) in [6.45, 7) is 0.436. The van der Waals surface area contributed by atoms with Gasteiger partial charge in [-0.2, -0.15) is 0 Å². The molecule has 1 fully saturated rings. The second-order valence-corrected chi connectivity index (χ2v) is 4.47. The van der Waals surface area contributed by atoms with Crippen molar-refractivity contribution in [2.75, 3.05) is 27.9 Å². The highest BCUT2D eigenvalue weighted by atomic mass is 16.6. The number of ether oxygens (including phenoxy) is 4. The monoisotopic (exact) mass is 261 g/mol. The van der Waals surface area contributed by atoms with Gasteiger partial charge in [0, 0.05) is 34.2 Å². The fourth-order valence-electron chi connectivity index (χ4n) is 2.33. The van der Waals surface area contributed by atoms with Crippen LogP contribution >= 0.6 is 0 Å². The zero-order valence-corrected chi connectivity index (χ0v) is 11.3. The molecular formula is C12H23NO5. The van der Waals surface area contributed by atoms with Gasteiger partial charge >= 0.3 is 0 Å². The van der Waals surface area contributed by atoms with E-state index < -0.39 is 0 Å². The van der Waals surface area contributed by atoms with Gasteiger partial charge < -0.3 is 24.7 Å². The number of amides is 1. The lowest BCUT2D eigenvalue weighted by molar-refractivity contribution is -0.199. The molecule has 6 heteroatoms. The Morgan fingerprint density at radius 2 is 2.06 bits per heavy atom. The van der Waals surface area contributed by atoms with Gasteiger partial charge in [-0.05, 0) is 6.42 Å². The van der Waals surface area contributed by atoms with Crippen LogP contribution < -0.4 is 5.73 Å². The summed E-state index contributed by atoms with van der Waals surface area (Å²) < 4.78 is 21.8. The van der Waals surface area contributed by atoms with E-state index in [0.29, 0.717) is 25.9 Å². The molecule has 0 aliphatic carbocycles. The Morgan fingerprint density at radius 1 is 1.33 bits per heavy atom. The smallest absolute Gasteiger partial charge is 0.217 e. The van der Waals surface area contributed by atoms with Crippen molar-refractivity contribution in [2.45, 2.75) is 43.7 Å². The fourth-order valence-corrected chi connectivity index (χ4v) is 2.33. The third-order valence-electron chi connectivity index (χ3n) is 3.21. The van der Waals surface area contributed by atoms with Crippen LogP contribution in [0.25, 0.3) is 0 Å². The average Bonchev–Trinajstić information content (AvgIpc) is 2.36. The maximum atomic E-state index is 10.8. The van der Waals surface area contributed by atoms with E-state index in [9.17, 15) is 4.79 Å². The van der Waals surface area contributed by atoms with Crippen LogP contribution in [0.4, 0.5) is 0 Å². The van der Waals surface area contributed by atoms with Crippen molar-refractivity contribution in [3.8, 4) is 0 Å². The summed E-state index contributed by atoms with van der Waals surface area (Å²) in [4.78, 5) is 10.8. The van der Waals surface area contributed by atoms with Crippen LogP contribution in [0.15, 0.2) is 0 Å². The first kappa shape index (κ1) is 15.4. The number of carbonyl (C=O) groups is 1. The van der Waals surface area contributed by atoms with Gasteiger partial charge in [0.05, 0.1) is 18.8 Å². The van der Waals surface area contributed by atoms with E-state index >= 15 is 0 Å². The van der Waals surface area contributed by atoms with Crippen molar-refractivity contribution in [3.63, 3.8) is 0 Å². The molecule has 0 bridgehead atoms. The van der Waals surface area contributed by atoms with Crippen molar-refractivity contribution in [3.05, 3.63) is 0 Å². The number of rotatable bonds is 7. The Morgan fingerprint density at radius 3 is 2.56 bits per heavy atom. The maximum absolute atomic E-state index is 10.8. The molecule has 18 heavy (non-hydrogen) atoms. The average molecular weight is 261 g/mol. The summed E-state index contributed by atoms with van der Waals surface area (Å²) >= 11 is 0. The number of hydrogen-bond donors (Lipinski definition) is 1. The van der Waals surface area contributed by atoms with Gasteiger partial charge in [-0.1, -0.05) is 0 Å². The molecule has 4 atom stereocenters. The first-order valence-corrected chi connectivity index (χ1v) is 6.10. The molecule has 1 aliphatic heterocycles. The van der Waals surface area contributed by atoms with Crippen LogP contribution in [0.5, 0.6) is 0 Å². The van der Waals surface area contributed by atoms with Crippen LogP contribution in [-0.4, -0.2) is 58.3 Å². The molecule has 1 amide bonds. The van der Waals surface area contributed by atoms with Crippen molar-refractivity contribution in [1.82, 2.24) is 0 Å². The van der Waals surface area contributed by atoms with Gasteiger partial charge in [0.2, 0.25) is 5.91 Å². The minimum atomic E-state index is -0.315. The zero-order chi connectivity index (χ0) is 13.5. The number of hydrogen-bond acceptors (Lipinski definition) is 5. The molecule has 0 aromatic heterocycles. The summed E-state index contributed by atoms with van der Waals surface area (Å²) in [6.07, 6.45) is 1.18. The van der Waals surface area contributed by atoms with E-state index in [2.05, 4.69) is 0 Å². The van der Waals surface area contributed by atoms with Gasteiger partial charge in [-0.25, -0.2) is 0 Å². The lowest BCUT2D eigenvalue weighted by Crippen LogP contribution is -2.51. The van der Waals surface area contributed by atoms with E-state index in [0.717, 1.165) is 0 Å². The first-order valence-electron chi connectivity index (χ1n) is 6.10. The molecule has 1 rings (SSSR count). The predicted octanol–water partition coefficient (Wildman–Crippen LogP) is 0.0858. The predicted molar refractivity (Wildman–Crippen MR) is 65.2 cm³/mol. The van der Waals surface area contributed by atoms with Crippen LogP contribution in [0.2, 0.25) is 0 Å². The van der Waals surface area contributed by atoms with Crippen LogP contribution in [-0.2, 0) is 23.7 Å². The van der Waals surface area contributed by atoms with E-state index in [1.54, 1.807) is 21.3 Å². The lowest BCUT2D eigenvalue weighted by atomic mass is 9.95. The molecule has 1 saturated heterocycles. The molecule has 1 heterocycles. The minimum Gasteiger partial charge on any atom is -0.382 e. The summed E-state index contributed by atoms with van der Waals surface area (Å²) in [5.74, 6) is -0.315. The topological polar surface area (TPSA) is 80.0 Å². The molecule has 0 unspecified atom stereocenters. The van der Waals surface area contributed by atoms with Gasteiger partial charge in [0.1, 0.15) is 12.2 Å². The van der Waals surface area contributed by atoms with Crippen LogP contribution in [0.3, 0.4) is 0 Å². The number of primary amides is 1. The Hall–Kier alpha value is -0.690. The Labute approximate surface area is 108 Å². The molecule has 6 nitrogen and oxygen atoms in total. The molecule has 0 aromatic carbocycles. The largest absolute Gasteiger partial charge is 0.382 e. The number of nitrogens with two attached hydrogens (primary N) is 1. The van der Waals surface area contributed by atoms with Crippen molar-refractivity contribution < 1.29 is 23.7 Å². The third-order valence-corrected chi connectivity index (χ3v) is 3.21. The Bertz CT molecular complexity index is 261. The van der Waals surface area contributed by atoms with Gasteiger partial charge in [-0.15, -0.1) is 0 Å². The molecule has 1 aliphatic rings. The second kappa shape index (κ2) is 7.68. The SMILES string of the molecule is COC[C@H]1O[C@H](CCC(N)=O)C[C@@H](OC)[C@@H]1OC. The number of methoxy groups -OCH3 is 3. The van der Waals surface area contributed by atoms with E-state index in [4.69, 9.17) is 24.7 Å². The molecule has 0 aromatic rings. The minimum absolute atomic E-state index is 0.0472. The van der Waals surface area contributed by atoms with E-state index in [1.165, 1.54) is 0 Å².